The molecule has 1 aliphatic heterocycles. The zero-order chi connectivity index (χ0) is 17.8. The molecule has 5 rings (SSSR count). The number of hydrogen-bond donors (Lipinski definition) is 0. The molecule has 0 aliphatic carbocycles. The fraction of sp³-hybridized carbons (Fsp3) is 0.318. The summed E-state index contributed by atoms with van der Waals surface area (Å²) in [6.07, 6.45) is 2.30. The fourth-order valence-electron chi connectivity index (χ4n) is 4.40. The first kappa shape index (κ1) is 15.6. The highest BCUT2D eigenvalue weighted by Crippen LogP contribution is 2.41. The van der Waals surface area contributed by atoms with Gasteiger partial charge in [0.1, 0.15) is 11.8 Å². The standard InChI is InChI=1S/C22H21NO3/c1-3-19-13(2)10-21(25-19)23-17-7-5-4-6-15(17)16-11-14-8-9-22(24)26-20(14)12-18(16)23/h4-9,11-13,19,21H,3,10H2,1-2H3/t13?,19-,21-/m1/s1. The van der Waals surface area contributed by atoms with E-state index in [4.69, 9.17) is 9.15 Å². The van der Waals surface area contributed by atoms with E-state index >= 15 is 0 Å². The van der Waals surface area contributed by atoms with Crippen molar-refractivity contribution in [3.63, 3.8) is 0 Å². The molecule has 1 aliphatic rings. The molecule has 4 heteroatoms. The van der Waals surface area contributed by atoms with Crippen molar-refractivity contribution in [2.45, 2.75) is 39.0 Å². The van der Waals surface area contributed by atoms with E-state index in [0.29, 0.717) is 11.5 Å². The number of aromatic nitrogens is 1. The molecule has 4 aromatic rings. The van der Waals surface area contributed by atoms with E-state index in [0.717, 1.165) is 34.6 Å². The summed E-state index contributed by atoms with van der Waals surface area (Å²) in [7, 11) is 0. The lowest BCUT2D eigenvalue weighted by Crippen LogP contribution is -2.12. The summed E-state index contributed by atoms with van der Waals surface area (Å²) in [5.41, 5.74) is 2.51. The van der Waals surface area contributed by atoms with E-state index in [-0.39, 0.29) is 18.0 Å². The summed E-state index contributed by atoms with van der Waals surface area (Å²) in [6.45, 7) is 4.44. The summed E-state index contributed by atoms with van der Waals surface area (Å²) < 4.78 is 14.1. The first-order chi connectivity index (χ1) is 12.7. The maximum atomic E-state index is 11.7. The number of ether oxygens (including phenoxy) is 1. The molecule has 3 heterocycles. The van der Waals surface area contributed by atoms with Crippen LogP contribution in [0.5, 0.6) is 0 Å². The van der Waals surface area contributed by atoms with Gasteiger partial charge in [0.15, 0.2) is 0 Å². The van der Waals surface area contributed by atoms with Gasteiger partial charge in [0.2, 0.25) is 0 Å². The fourth-order valence-corrected chi connectivity index (χ4v) is 4.40. The van der Waals surface area contributed by atoms with Crippen LogP contribution in [0.4, 0.5) is 0 Å². The minimum atomic E-state index is -0.323. The number of para-hydroxylation sites is 1. The Labute approximate surface area is 151 Å². The van der Waals surface area contributed by atoms with Crippen LogP contribution in [0.2, 0.25) is 0 Å². The van der Waals surface area contributed by atoms with Crippen LogP contribution < -0.4 is 5.63 Å². The molecule has 2 aromatic heterocycles. The van der Waals surface area contributed by atoms with E-state index in [2.05, 4.69) is 48.7 Å². The minimum absolute atomic E-state index is 0.00485. The molecule has 2 aromatic carbocycles. The van der Waals surface area contributed by atoms with Crippen molar-refractivity contribution in [1.82, 2.24) is 4.57 Å². The van der Waals surface area contributed by atoms with Gasteiger partial charge in [-0.15, -0.1) is 0 Å². The average Bonchev–Trinajstić information content (AvgIpc) is 3.16. The van der Waals surface area contributed by atoms with Gasteiger partial charge in [-0.2, -0.15) is 0 Å². The van der Waals surface area contributed by atoms with Crippen molar-refractivity contribution in [3.05, 3.63) is 59.0 Å². The van der Waals surface area contributed by atoms with E-state index in [9.17, 15) is 4.79 Å². The molecule has 26 heavy (non-hydrogen) atoms. The van der Waals surface area contributed by atoms with Crippen LogP contribution in [0.1, 0.15) is 32.9 Å². The highest BCUT2D eigenvalue weighted by atomic mass is 16.5. The van der Waals surface area contributed by atoms with Crippen molar-refractivity contribution in [2.24, 2.45) is 5.92 Å². The van der Waals surface area contributed by atoms with Crippen molar-refractivity contribution in [1.29, 1.82) is 0 Å². The lowest BCUT2D eigenvalue weighted by Gasteiger charge is -2.17. The number of rotatable bonds is 2. The number of fused-ring (bicyclic) bond motifs is 4. The predicted molar refractivity (Wildman–Crippen MR) is 103 cm³/mol. The van der Waals surface area contributed by atoms with E-state index < -0.39 is 0 Å². The predicted octanol–water partition coefficient (Wildman–Crippen LogP) is 5.23. The smallest absolute Gasteiger partial charge is 0.336 e. The van der Waals surface area contributed by atoms with Crippen LogP contribution in [0.3, 0.4) is 0 Å². The molecule has 0 amide bonds. The van der Waals surface area contributed by atoms with E-state index in [1.54, 1.807) is 0 Å². The van der Waals surface area contributed by atoms with Crippen LogP contribution in [0.25, 0.3) is 32.8 Å². The Bertz CT molecular complexity index is 1190. The molecular formula is C22H21NO3. The van der Waals surface area contributed by atoms with Gasteiger partial charge in [-0.25, -0.2) is 4.79 Å². The molecule has 0 N–H and O–H groups in total. The lowest BCUT2D eigenvalue weighted by atomic mass is 10.0. The van der Waals surface area contributed by atoms with Gasteiger partial charge in [-0.3, -0.25) is 0 Å². The van der Waals surface area contributed by atoms with Crippen molar-refractivity contribution in [3.8, 4) is 0 Å². The first-order valence-corrected chi connectivity index (χ1v) is 9.27. The quantitative estimate of drug-likeness (QED) is 0.466. The Hall–Kier alpha value is -2.59. The van der Waals surface area contributed by atoms with Crippen LogP contribution in [0, 0.1) is 5.92 Å². The first-order valence-electron chi connectivity index (χ1n) is 9.27. The SMILES string of the molecule is CC[C@H]1O[C@@H](n2c3ccccc3c3cc4ccc(=O)oc4cc32)CC1C. The topological polar surface area (TPSA) is 44.4 Å². The van der Waals surface area contributed by atoms with Crippen LogP contribution in [0.15, 0.2) is 57.7 Å². The highest BCUT2D eigenvalue weighted by molar-refractivity contribution is 6.11. The molecule has 132 valence electrons. The van der Waals surface area contributed by atoms with Crippen LogP contribution >= 0.6 is 0 Å². The number of hydrogen-bond acceptors (Lipinski definition) is 3. The molecule has 3 atom stereocenters. The molecule has 1 fully saturated rings. The second kappa shape index (κ2) is 5.71. The summed E-state index contributed by atoms with van der Waals surface area (Å²) in [5.74, 6) is 0.527. The Morgan fingerprint density at radius 3 is 2.73 bits per heavy atom. The second-order valence-corrected chi connectivity index (χ2v) is 7.30. The number of benzene rings is 2. The Morgan fingerprint density at radius 2 is 1.92 bits per heavy atom. The third-order valence-electron chi connectivity index (χ3n) is 5.68. The molecule has 1 unspecified atom stereocenters. The summed E-state index contributed by atoms with van der Waals surface area (Å²) >= 11 is 0. The van der Waals surface area contributed by atoms with Gasteiger partial charge in [0.25, 0.3) is 0 Å². The molecular weight excluding hydrogens is 326 g/mol. The molecule has 0 spiro atoms. The Balaban J connectivity index is 1.83. The molecule has 0 saturated carbocycles. The van der Waals surface area contributed by atoms with Gasteiger partial charge >= 0.3 is 5.63 Å². The number of nitrogens with zero attached hydrogens (tertiary/aromatic N) is 1. The highest BCUT2D eigenvalue weighted by Gasteiger charge is 2.33. The summed E-state index contributed by atoms with van der Waals surface area (Å²) in [6, 6.07) is 15.8. The third-order valence-corrected chi connectivity index (χ3v) is 5.68. The van der Waals surface area contributed by atoms with Gasteiger partial charge in [0.05, 0.1) is 17.1 Å². The molecule has 4 nitrogen and oxygen atoms in total. The zero-order valence-electron chi connectivity index (χ0n) is 14.9. The van der Waals surface area contributed by atoms with Crippen LogP contribution in [-0.2, 0) is 4.74 Å². The normalized spacial score (nSPS) is 23.4. The van der Waals surface area contributed by atoms with Crippen molar-refractivity contribution in [2.75, 3.05) is 0 Å². The molecule has 1 saturated heterocycles. The monoisotopic (exact) mass is 347 g/mol. The van der Waals surface area contributed by atoms with Gasteiger partial charge in [-0.05, 0) is 37.0 Å². The van der Waals surface area contributed by atoms with Crippen molar-refractivity contribution >= 4 is 32.8 Å². The second-order valence-electron chi connectivity index (χ2n) is 7.30. The average molecular weight is 347 g/mol. The van der Waals surface area contributed by atoms with Gasteiger partial charge < -0.3 is 13.7 Å². The lowest BCUT2D eigenvalue weighted by molar-refractivity contribution is -0.000304. The third kappa shape index (κ3) is 2.22. The Kier molecular flexibility index (Phi) is 3.44. The summed E-state index contributed by atoms with van der Waals surface area (Å²) in [4.78, 5) is 11.7. The van der Waals surface area contributed by atoms with E-state index in [1.807, 2.05) is 12.1 Å². The maximum absolute atomic E-state index is 11.7. The molecule has 0 radical (unpaired) electrons. The largest absolute Gasteiger partial charge is 0.423 e. The van der Waals surface area contributed by atoms with Gasteiger partial charge in [-0.1, -0.05) is 32.0 Å². The summed E-state index contributed by atoms with van der Waals surface area (Å²) in [5, 5.41) is 3.30. The van der Waals surface area contributed by atoms with Crippen molar-refractivity contribution < 1.29 is 9.15 Å². The maximum Gasteiger partial charge on any atom is 0.336 e. The van der Waals surface area contributed by atoms with E-state index in [1.165, 1.54) is 11.5 Å². The van der Waals surface area contributed by atoms with Crippen LogP contribution in [-0.4, -0.2) is 10.7 Å². The zero-order valence-corrected chi connectivity index (χ0v) is 14.9. The molecule has 0 bridgehead atoms. The minimum Gasteiger partial charge on any atom is -0.423 e. The Morgan fingerprint density at radius 1 is 1.08 bits per heavy atom. The van der Waals surface area contributed by atoms with Gasteiger partial charge in [0, 0.05) is 28.3 Å².